The highest BCUT2D eigenvalue weighted by Gasteiger charge is 2.38. The van der Waals surface area contributed by atoms with E-state index in [1.165, 1.54) is 5.06 Å². The van der Waals surface area contributed by atoms with E-state index in [0.29, 0.717) is 30.8 Å². The number of piperidine rings is 1. The van der Waals surface area contributed by atoms with Crippen LogP contribution in [0.5, 0.6) is 5.75 Å². The van der Waals surface area contributed by atoms with Crippen LogP contribution in [0.15, 0.2) is 60.9 Å². The minimum Gasteiger partial charge on any atom is -0.490 e. The predicted molar refractivity (Wildman–Crippen MR) is 133 cm³/mol. The van der Waals surface area contributed by atoms with Crippen LogP contribution in [0.3, 0.4) is 0 Å². The van der Waals surface area contributed by atoms with Crippen molar-refractivity contribution in [1.82, 2.24) is 10.0 Å². The van der Waals surface area contributed by atoms with Gasteiger partial charge in [0.05, 0.1) is 0 Å². The Bertz CT molecular complexity index is 1210. The lowest BCUT2D eigenvalue weighted by molar-refractivity contribution is -0.187. The molecular formula is C27H31N3O5. The molecule has 0 aliphatic carbocycles. The third kappa shape index (κ3) is 6.48. The Hall–Kier alpha value is -3.65. The van der Waals surface area contributed by atoms with Crippen molar-refractivity contribution in [3.05, 3.63) is 66.5 Å². The molecule has 1 aliphatic heterocycles. The fourth-order valence-corrected chi connectivity index (χ4v) is 3.99. The molecule has 3 aromatic rings. The molecule has 8 nitrogen and oxygen atoms in total. The summed E-state index contributed by atoms with van der Waals surface area (Å²) in [5.74, 6) is 0.439. The first-order valence-electron chi connectivity index (χ1n) is 11.7. The fraction of sp³-hybridized carbons (Fsp3) is 0.370. The summed E-state index contributed by atoms with van der Waals surface area (Å²) in [5.41, 5.74) is 0.943. The number of aryl methyl sites for hydroxylation is 1. The van der Waals surface area contributed by atoms with Crippen molar-refractivity contribution in [2.24, 2.45) is 0 Å². The molecule has 1 amide bonds. The van der Waals surface area contributed by atoms with Crippen LogP contribution in [0, 0.1) is 6.92 Å². The standard InChI is InChI=1S/C27H31N3O5/c1-18-7-5-6-8-23(18)29-25(31)24-16-22(12-14-30(24)35-26(32)34-27(2,3)4)33-21-10-9-20-17-28-13-11-19(20)15-21/h5-11,13,15,17,22,24H,12,14,16H2,1-4H3,(H,29,31)/t22-,24-/m1/s1. The largest absolute Gasteiger partial charge is 0.528 e. The second-order valence-electron chi connectivity index (χ2n) is 9.67. The zero-order chi connectivity index (χ0) is 25.0. The van der Waals surface area contributed by atoms with Crippen LogP contribution >= 0.6 is 0 Å². The Balaban J connectivity index is 1.50. The van der Waals surface area contributed by atoms with Gasteiger partial charge in [0.1, 0.15) is 23.5 Å². The number of amides is 1. The summed E-state index contributed by atoms with van der Waals surface area (Å²) < 4.78 is 11.6. The molecular weight excluding hydrogens is 446 g/mol. The van der Waals surface area contributed by atoms with Crippen LogP contribution in [0.4, 0.5) is 10.5 Å². The van der Waals surface area contributed by atoms with Gasteiger partial charge in [-0.2, -0.15) is 0 Å². The lowest BCUT2D eigenvalue weighted by Gasteiger charge is -2.37. The molecule has 1 saturated heterocycles. The first-order valence-corrected chi connectivity index (χ1v) is 11.7. The van der Waals surface area contributed by atoms with Crippen LogP contribution in [-0.2, 0) is 14.4 Å². The van der Waals surface area contributed by atoms with Gasteiger partial charge in [0.15, 0.2) is 0 Å². The first kappa shape index (κ1) is 24.5. The molecule has 2 atom stereocenters. The summed E-state index contributed by atoms with van der Waals surface area (Å²) in [6, 6.07) is 14.5. The number of fused-ring (bicyclic) bond motifs is 1. The van der Waals surface area contributed by atoms with Crippen LogP contribution in [0.2, 0.25) is 0 Å². The summed E-state index contributed by atoms with van der Waals surface area (Å²) in [6.45, 7) is 7.53. The van der Waals surface area contributed by atoms with Gasteiger partial charge in [0, 0.05) is 42.9 Å². The highest BCUT2D eigenvalue weighted by Crippen LogP contribution is 2.27. The molecule has 1 fully saturated rings. The number of para-hydroxylation sites is 1. The van der Waals surface area contributed by atoms with E-state index >= 15 is 0 Å². The Labute approximate surface area is 205 Å². The van der Waals surface area contributed by atoms with Crippen molar-refractivity contribution < 1.29 is 23.9 Å². The van der Waals surface area contributed by atoms with E-state index in [4.69, 9.17) is 14.3 Å². The number of anilines is 1. The van der Waals surface area contributed by atoms with E-state index in [2.05, 4.69) is 10.3 Å². The third-order valence-electron chi connectivity index (χ3n) is 5.71. The van der Waals surface area contributed by atoms with E-state index < -0.39 is 17.8 Å². The van der Waals surface area contributed by atoms with Crippen LogP contribution in [0.1, 0.15) is 39.2 Å². The smallest absolute Gasteiger partial charge is 0.490 e. The van der Waals surface area contributed by atoms with Crippen LogP contribution in [0.25, 0.3) is 10.8 Å². The minimum absolute atomic E-state index is 0.236. The van der Waals surface area contributed by atoms with E-state index in [1.807, 2.05) is 55.5 Å². The molecule has 0 unspecified atom stereocenters. The van der Waals surface area contributed by atoms with Crippen molar-refractivity contribution in [2.75, 3.05) is 11.9 Å². The fourth-order valence-electron chi connectivity index (χ4n) is 3.99. The Kier molecular flexibility index (Phi) is 7.21. The lowest BCUT2D eigenvalue weighted by atomic mass is 10.00. The van der Waals surface area contributed by atoms with Gasteiger partial charge in [-0.25, -0.2) is 4.79 Å². The Morgan fingerprint density at radius 1 is 1.09 bits per heavy atom. The number of pyridine rings is 1. The molecule has 0 saturated carbocycles. The summed E-state index contributed by atoms with van der Waals surface area (Å²) >= 11 is 0. The van der Waals surface area contributed by atoms with Gasteiger partial charge in [-0.05, 0) is 69.0 Å². The minimum atomic E-state index is -0.839. The van der Waals surface area contributed by atoms with Gasteiger partial charge in [-0.15, -0.1) is 5.06 Å². The van der Waals surface area contributed by atoms with Crippen LogP contribution in [-0.4, -0.2) is 46.4 Å². The number of benzene rings is 2. The maximum atomic E-state index is 13.3. The predicted octanol–water partition coefficient (Wildman–Crippen LogP) is 5.26. The molecule has 4 rings (SSSR count). The first-order chi connectivity index (χ1) is 16.7. The van der Waals surface area contributed by atoms with Gasteiger partial charge in [0.2, 0.25) is 5.91 Å². The number of nitrogens with one attached hydrogen (secondary N) is 1. The van der Waals surface area contributed by atoms with Gasteiger partial charge >= 0.3 is 6.16 Å². The van der Waals surface area contributed by atoms with Gasteiger partial charge < -0.3 is 19.6 Å². The number of rotatable bonds is 5. The number of carbonyl (C=O) groups excluding carboxylic acids is 2. The highest BCUT2D eigenvalue weighted by atomic mass is 16.8. The Morgan fingerprint density at radius 2 is 1.89 bits per heavy atom. The molecule has 1 aromatic heterocycles. The molecule has 0 radical (unpaired) electrons. The molecule has 2 heterocycles. The van der Waals surface area contributed by atoms with E-state index in [1.54, 1.807) is 33.2 Å². The Morgan fingerprint density at radius 3 is 2.66 bits per heavy atom. The maximum Gasteiger partial charge on any atom is 0.528 e. The summed E-state index contributed by atoms with van der Waals surface area (Å²) in [5, 5.41) is 6.41. The number of hydroxylamine groups is 2. The van der Waals surface area contributed by atoms with Crippen molar-refractivity contribution in [2.45, 2.75) is 58.3 Å². The number of carbonyl (C=O) groups is 2. The van der Waals surface area contributed by atoms with Crippen LogP contribution < -0.4 is 10.1 Å². The molecule has 8 heteroatoms. The molecule has 2 aromatic carbocycles. The monoisotopic (exact) mass is 477 g/mol. The SMILES string of the molecule is Cc1ccccc1NC(=O)[C@H]1C[C@H](Oc2ccc3cnccc3c2)CCN1OC(=O)OC(C)(C)C. The number of hydrogen-bond donors (Lipinski definition) is 1. The van der Waals surface area contributed by atoms with Gasteiger partial charge in [0.25, 0.3) is 0 Å². The van der Waals surface area contributed by atoms with Crippen molar-refractivity contribution in [1.29, 1.82) is 0 Å². The molecule has 184 valence electrons. The highest BCUT2D eigenvalue weighted by molar-refractivity contribution is 5.95. The number of hydrogen-bond acceptors (Lipinski definition) is 7. The summed E-state index contributed by atoms with van der Waals surface area (Å²) in [7, 11) is 0. The number of nitrogens with zero attached hydrogens (tertiary/aromatic N) is 2. The van der Waals surface area contributed by atoms with Crippen molar-refractivity contribution >= 4 is 28.5 Å². The van der Waals surface area contributed by atoms with Crippen molar-refractivity contribution in [3.63, 3.8) is 0 Å². The number of ether oxygens (including phenoxy) is 2. The second-order valence-corrected chi connectivity index (χ2v) is 9.67. The third-order valence-corrected chi connectivity index (χ3v) is 5.71. The second kappa shape index (κ2) is 10.3. The topological polar surface area (TPSA) is 90.0 Å². The van der Waals surface area contributed by atoms with E-state index in [9.17, 15) is 9.59 Å². The maximum absolute atomic E-state index is 13.3. The zero-order valence-electron chi connectivity index (χ0n) is 20.5. The molecule has 1 N–H and O–H groups in total. The average Bonchev–Trinajstić information content (AvgIpc) is 2.80. The average molecular weight is 478 g/mol. The molecule has 0 spiro atoms. The number of aromatic nitrogens is 1. The molecule has 1 aliphatic rings. The van der Waals surface area contributed by atoms with Gasteiger partial charge in [-0.1, -0.05) is 18.2 Å². The summed E-state index contributed by atoms with van der Waals surface area (Å²) in [6.07, 6.45) is 3.39. The zero-order valence-corrected chi connectivity index (χ0v) is 20.5. The lowest BCUT2D eigenvalue weighted by Crippen LogP contribution is -2.52. The summed E-state index contributed by atoms with van der Waals surface area (Å²) in [4.78, 5) is 35.3. The van der Waals surface area contributed by atoms with E-state index in [-0.39, 0.29) is 12.0 Å². The molecule has 35 heavy (non-hydrogen) atoms. The normalized spacial score (nSPS) is 18.6. The molecule has 0 bridgehead atoms. The van der Waals surface area contributed by atoms with Crippen molar-refractivity contribution in [3.8, 4) is 5.75 Å². The van der Waals surface area contributed by atoms with E-state index in [0.717, 1.165) is 16.3 Å². The quantitative estimate of drug-likeness (QED) is 0.501. The van der Waals surface area contributed by atoms with Gasteiger partial charge in [-0.3, -0.25) is 9.78 Å².